The minimum absolute atomic E-state index is 0.673. The summed E-state index contributed by atoms with van der Waals surface area (Å²) in [5.41, 5.74) is 0. The Hall–Kier alpha value is -0.590. The summed E-state index contributed by atoms with van der Waals surface area (Å²) in [6.45, 7) is 15.5. The van der Waals surface area contributed by atoms with Gasteiger partial charge in [-0.05, 0) is 12.8 Å². The fourth-order valence-corrected chi connectivity index (χ4v) is 0.346. The smallest absolute Gasteiger partial charge is 0.120 e. The molecule has 0 unspecified atom stereocenters. The summed E-state index contributed by atoms with van der Waals surface area (Å²) < 4.78 is 0. The highest BCUT2D eigenvalue weighted by Gasteiger charge is 1.77. The van der Waals surface area contributed by atoms with Crippen molar-refractivity contribution in [3.05, 3.63) is 12.7 Å². The molecule has 0 aromatic rings. The molecule has 13 heavy (non-hydrogen) atoms. The minimum Gasteiger partial charge on any atom is -0.303 e. The first-order chi connectivity index (χ1) is 6.41. The Balaban J connectivity index is -0.0000000573. The van der Waals surface area contributed by atoms with Crippen molar-refractivity contribution in [2.45, 2.75) is 60.8 Å². The van der Waals surface area contributed by atoms with Crippen LogP contribution >= 0.6 is 0 Å². The zero-order chi connectivity index (χ0) is 11.5. The lowest BCUT2D eigenvalue weighted by Gasteiger charge is -1.81. The van der Waals surface area contributed by atoms with Gasteiger partial charge in [0.1, 0.15) is 6.29 Å². The molecule has 0 aliphatic carbocycles. The molecule has 0 saturated carbocycles. The van der Waals surface area contributed by atoms with Crippen molar-refractivity contribution in [2.24, 2.45) is 0 Å². The van der Waals surface area contributed by atoms with Crippen LogP contribution in [-0.2, 0) is 4.79 Å². The number of rotatable bonds is 4. The van der Waals surface area contributed by atoms with E-state index in [-0.39, 0.29) is 0 Å². The van der Waals surface area contributed by atoms with Crippen molar-refractivity contribution in [3.8, 4) is 0 Å². The van der Waals surface area contributed by atoms with Crippen molar-refractivity contribution in [2.75, 3.05) is 0 Å². The fourth-order valence-electron chi connectivity index (χ4n) is 0.346. The number of hydrogen-bond acceptors (Lipinski definition) is 1. The van der Waals surface area contributed by atoms with Crippen LogP contribution in [0.1, 0.15) is 60.8 Å². The lowest BCUT2D eigenvalue weighted by molar-refractivity contribution is -0.107. The normalized spacial score (nSPS) is 5.69. The SMILES string of the molecule is C=CCCCC=O.CC.CC.CC. The first-order valence-electron chi connectivity index (χ1n) is 5.46. The third-order valence-electron chi connectivity index (χ3n) is 0.730. The molecular formula is C12H28O. The first kappa shape index (κ1) is 22.8. The van der Waals surface area contributed by atoms with Gasteiger partial charge in [-0.15, -0.1) is 6.58 Å². The molecule has 0 atom stereocenters. The van der Waals surface area contributed by atoms with E-state index in [2.05, 4.69) is 6.58 Å². The monoisotopic (exact) mass is 188 g/mol. The van der Waals surface area contributed by atoms with Gasteiger partial charge in [0.2, 0.25) is 0 Å². The third kappa shape index (κ3) is 86.9. The summed E-state index contributed by atoms with van der Waals surface area (Å²) in [6, 6.07) is 0. The van der Waals surface area contributed by atoms with Crippen molar-refractivity contribution < 1.29 is 4.79 Å². The Morgan fingerprint density at radius 1 is 0.923 bits per heavy atom. The molecule has 0 fully saturated rings. The molecule has 0 aromatic carbocycles. The van der Waals surface area contributed by atoms with E-state index in [9.17, 15) is 4.79 Å². The van der Waals surface area contributed by atoms with E-state index >= 15 is 0 Å². The lowest BCUT2D eigenvalue weighted by Crippen LogP contribution is -1.71. The van der Waals surface area contributed by atoms with Crippen molar-refractivity contribution >= 4 is 6.29 Å². The van der Waals surface area contributed by atoms with E-state index in [0.717, 1.165) is 19.1 Å². The van der Waals surface area contributed by atoms with Crippen LogP contribution in [0.25, 0.3) is 0 Å². The summed E-state index contributed by atoms with van der Waals surface area (Å²) in [5, 5.41) is 0. The second-order valence-electron chi connectivity index (χ2n) is 1.39. The Morgan fingerprint density at radius 2 is 1.31 bits per heavy atom. The number of allylic oxidation sites excluding steroid dienone is 1. The molecule has 0 bridgehead atoms. The number of carbonyl (C=O) groups excluding carboxylic acids is 1. The quantitative estimate of drug-likeness (QED) is 0.357. The zero-order valence-corrected chi connectivity index (χ0v) is 10.4. The fraction of sp³-hybridized carbons (Fsp3) is 0.750. The van der Waals surface area contributed by atoms with Crippen LogP contribution in [0.3, 0.4) is 0 Å². The molecule has 0 rings (SSSR count). The van der Waals surface area contributed by atoms with Gasteiger partial charge in [-0.25, -0.2) is 0 Å². The molecule has 0 radical (unpaired) electrons. The number of unbranched alkanes of at least 4 members (excludes halogenated alkanes) is 2. The summed E-state index contributed by atoms with van der Waals surface area (Å²) in [7, 11) is 0. The first-order valence-corrected chi connectivity index (χ1v) is 5.46. The van der Waals surface area contributed by atoms with Gasteiger partial charge in [-0.2, -0.15) is 0 Å². The van der Waals surface area contributed by atoms with Gasteiger partial charge in [-0.1, -0.05) is 47.6 Å². The highest BCUT2D eigenvalue weighted by atomic mass is 16.1. The molecule has 82 valence electrons. The van der Waals surface area contributed by atoms with E-state index in [1.165, 1.54) is 0 Å². The molecule has 0 amide bonds. The number of hydrogen-bond donors (Lipinski definition) is 0. The summed E-state index contributed by atoms with van der Waals surface area (Å²) >= 11 is 0. The summed E-state index contributed by atoms with van der Waals surface area (Å²) in [4.78, 5) is 9.65. The van der Waals surface area contributed by atoms with Crippen LogP contribution in [0, 0.1) is 0 Å². The van der Waals surface area contributed by atoms with E-state index in [4.69, 9.17) is 0 Å². The molecule has 0 N–H and O–H groups in total. The van der Waals surface area contributed by atoms with E-state index < -0.39 is 0 Å². The maximum Gasteiger partial charge on any atom is 0.120 e. The second-order valence-corrected chi connectivity index (χ2v) is 1.39. The molecule has 0 aromatic heterocycles. The van der Waals surface area contributed by atoms with Crippen LogP contribution in [-0.4, -0.2) is 6.29 Å². The van der Waals surface area contributed by atoms with Crippen LogP contribution in [0.2, 0.25) is 0 Å². The van der Waals surface area contributed by atoms with Crippen molar-refractivity contribution in [1.82, 2.24) is 0 Å². The Bertz CT molecular complexity index is 50.1. The van der Waals surface area contributed by atoms with Crippen molar-refractivity contribution in [3.63, 3.8) is 0 Å². The van der Waals surface area contributed by atoms with Gasteiger partial charge >= 0.3 is 0 Å². The van der Waals surface area contributed by atoms with Crippen LogP contribution < -0.4 is 0 Å². The Morgan fingerprint density at radius 3 is 1.54 bits per heavy atom. The average Bonchev–Trinajstić information content (AvgIpc) is 2.27. The topological polar surface area (TPSA) is 17.1 Å². The van der Waals surface area contributed by atoms with Gasteiger partial charge < -0.3 is 4.79 Å². The van der Waals surface area contributed by atoms with Gasteiger partial charge in [0.05, 0.1) is 0 Å². The molecule has 1 nitrogen and oxygen atoms in total. The standard InChI is InChI=1S/C6H10O.3C2H6/c1-2-3-4-5-6-7;3*1-2/h2,6H,1,3-5H2;3*1-2H3. The van der Waals surface area contributed by atoms with Gasteiger partial charge in [0.15, 0.2) is 0 Å². The predicted molar refractivity (Wildman–Crippen MR) is 64.2 cm³/mol. The molecular weight excluding hydrogens is 160 g/mol. The van der Waals surface area contributed by atoms with Crippen molar-refractivity contribution in [1.29, 1.82) is 0 Å². The van der Waals surface area contributed by atoms with Crippen LogP contribution in [0.5, 0.6) is 0 Å². The van der Waals surface area contributed by atoms with Gasteiger partial charge in [0.25, 0.3) is 0 Å². The molecule has 1 heteroatoms. The molecule has 0 saturated heterocycles. The molecule has 0 spiro atoms. The van der Waals surface area contributed by atoms with Gasteiger partial charge in [-0.3, -0.25) is 0 Å². The highest BCUT2D eigenvalue weighted by Crippen LogP contribution is 1.90. The summed E-state index contributed by atoms with van der Waals surface area (Å²) in [6.07, 6.45) is 5.34. The summed E-state index contributed by atoms with van der Waals surface area (Å²) in [5.74, 6) is 0. The maximum atomic E-state index is 9.65. The van der Waals surface area contributed by atoms with Crippen LogP contribution in [0.4, 0.5) is 0 Å². The van der Waals surface area contributed by atoms with E-state index in [1.807, 2.05) is 47.6 Å². The molecule has 0 aliphatic heterocycles. The Kier molecular flexibility index (Phi) is 112. The van der Waals surface area contributed by atoms with Crippen LogP contribution in [0.15, 0.2) is 12.7 Å². The van der Waals surface area contributed by atoms with E-state index in [1.54, 1.807) is 0 Å². The maximum absolute atomic E-state index is 9.65. The second kappa shape index (κ2) is 63.6. The number of aldehydes is 1. The average molecular weight is 188 g/mol. The lowest BCUT2D eigenvalue weighted by atomic mass is 10.2. The molecule has 0 aliphatic rings. The molecule has 0 heterocycles. The minimum atomic E-state index is 0.673. The highest BCUT2D eigenvalue weighted by molar-refractivity contribution is 5.48. The third-order valence-corrected chi connectivity index (χ3v) is 0.730. The van der Waals surface area contributed by atoms with Gasteiger partial charge in [0, 0.05) is 6.42 Å². The predicted octanol–water partition coefficient (Wildman–Crippen LogP) is 4.62. The van der Waals surface area contributed by atoms with E-state index in [0.29, 0.717) is 6.42 Å². The number of carbonyl (C=O) groups is 1. The largest absolute Gasteiger partial charge is 0.303 e. The zero-order valence-electron chi connectivity index (χ0n) is 10.4. The Labute approximate surface area is 85.2 Å².